The van der Waals surface area contributed by atoms with Gasteiger partial charge in [-0.3, -0.25) is 9.59 Å². The summed E-state index contributed by atoms with van der Waals surface area (Å²) in [5.74, 6) is -0.520. The number of carbonyl (C=O) groups excluding carboxylic acids is 2. The largest absolute Gasteiger partial charge is 0.515 e. The number of hydrogen-bond donors (Lipinski definition) is 1. The van der Waals surface area contributed by atoms with Crippen LogP contribution in [-0.2, 0) is 9.59 Å². The predicted octanol–water partition coefficient (Wildman–Crippen LogP) is 2.21. The Bertz CT molecular complexity index is 397. The van der Waals surface area contributed by atoms with Crippen molar-refractivity contribution in [3.05, 3.63) is 34.2 Å². The molecule has 1 aliphatic rings. The molecule has 1 aromatic heterocycles. The van der Waals surface area contributed by atoms with Gasteiger partial charge >= 0.3 is 0 Å². The molecule has 0 unspecified atom stereocenters. The van der Waals surface area contributed by atoms with Crippen LogP contribution in [0.15, 0.2) is 29.3 Å². The van der Waals surface area contributed by atoms with E-state index in [-0.39, 0.29) is 23.1 Å². The molecule has 4 heteroatoms. The second-order valence-electron chi connectivity index (χ2n) is 3.51. The Morgan fingerprint density at radius 2 is 2.00 bits per heavy atom. The lowest BCUT2D eigenvalue weighted by Gasteiger charge is -2.19. The van der Waals surface area contributed by atoms with Crippen molar-refractivity contribution >= 4 is 22.9 Å². The SMILES string of the molecule is O=C1CC(c2cccs2)CC(=O)C1=CO. The van der Waals surface area contributed by atoms with Crippen LogP contribution in [-0.4, -0.2) is 16.7 Å². The van der Waals surface area contributed by atoms with Crippen molar-refractivity contribution in [2.45, 2.75) is 18.8 Å². The summed E-state index contributed by atoms with van der Waals surface area (Å²) in [5.41, 5.74) is -0.0530. The van der Waals surface area contributed by atoms with Gasteiger partial charge in [-0.15, -0.1) is 11.3 Å². The van der Waals surface area contributed by atoms with Crippen LogP contribution in [0.25, 0.3) is 0 Å². The minimum absolute atomic E-state index is 0.00583. The van der Waals surface area contributed by atoms with E-state index in [0.717, 1.165) is 4.88 Å². The minimum atomic E-state index is -0.257. The van der Waals surface area contributed by atoms with E-state index in [1.54, 1.807) is 11.3 Å². The number of carbonyl (C=O) groups is 2. The zero-order valence-corrected chi connectivity index (χ0v) is 8.79. The molecule has 0 aromatic carbocycles. The first-order valence-electron chi connectivity index (χ1n) is 4.66. The van der Waals surface area contributed by atoms with Crippen molar-refractivity contribution in [2.75, 3.05) is 0 Å². The fourth-order valence-corrected chi connectivity index (χ4v) is 2.59. The third-order valence-corrected chi connectivity index (χ3v) is 3.57. The number of allylic oxidation sites excluding steroid dienone is 1. The number of Topliss-reactive ketones (excluding diaryl/α,β-unsaturated/α-hetero) is 2. The fraction of sp³-hybridized carbons (Fsp3) is 0.273. The summed E-state index contributed by atoms with van der Waals surface area (Å²) in [5, 5.41) is 10.7. The molecule has 0 aliphatic heterocycles. The van der Waals surface area contributed by atoms with Crippen LogP contribution >= 0.6 is 11.3 Å². The van der Waals surface area contributed by atoms with Crippen molar-refractivity contribution in [1.82, 2.24) is 0 Å². The van der Waals surface area contributed by atoms with Crippen LogP contribution in [0.3, 0.4) is 0 Å². The van der Waals surface area contributed by atoms with Gasteiger partial charge in [-0.1, -0.05) is 6.07 Å². The van der Waals surface area contributed by atoms with Crippen molar-refractivity contribution < 1.29 is 14.7 Å². The highest BCUT2D eigenvalue weighted by atomic mass is 32.1. The summed E-state index contributed by atoms with van der Waals surface area (Å²) in [4.78, 5) is 24.1. The maximum atomic E-state index is 11.5. The minimum Gasteiger partial charge on any atom is -0.515 e. The van der Waals surface area contributed by atoms with Gasteiger partial charge in [0.2, 0.25) is 0 Å². The van der Waals surface area contributed by atoms with Crippen molar-refractivity contribution in [3.63, 3.8) is 0 Å². The molecule has 1 aliphatic carbocycles. The van der Waals surface area contributed by atoms with E-state index < -0.39 is 0 Å². The highest BCUT2D eigenvalue weighted by Gasteiger charge is 2.31. The van der Waals surface area contributed by atoms with Gasteiger partial charge in [-0.2, -0.15) is 0 Å². The third kappa shape index (κ3) is 1.85. The maximum absolute atomic E-state index is 11.5. The molecule has 0 saturated heterocycles. The number of aliphatic hydroxyl groups excluding tert-OH is 1. The molecule has 0 spiro atoms. The molecule has 78 valence electrons. The van der Waals surface area contributed by atoms with Crippen molar-refractivity contribution in [3.8, 4) is 0 Å². The quantitative estimate of drug-likeness (QED) is 0.450. The maximum Gasteiger partial charge on any atom is 0.170 e. The monoisotopic (exact) mass is 222 g/mol. The van der Waals surface area contributed by atoms with E-state index in [0.29, 0.717) is 19.1 Å². The summed E-state index contributed by atoms with van der Waals surface area (Å²) in [6.45, 7) is 0. The number of ketones is 2. The summed E-state index contributed by atoms with van der Waals surface area (Å²) in [6, 6.07) is 3.84. The molecule has 0 radical (unpaired) electrons. The molecule has 0 amide bonds. The van der Waals surface area contributed by atoms with Gasteiger partial charge in [-0.05, 0) is 11.4 Å². The first-order valence-corrected chi connectivity index (χ1v) is 5.54. The predicted molar refractivity (Wildman–Crippen MR) is 57.0 cm³/mol. The third-order valence-electron chi connectivity index (χ3n) is 2.54. The standard InChI is InChI=1S/C11H10O3S/c12-6-8-9(13)4-7(5-10(8)14)11-2-1-3-15-11/h1-3,6-7,12H,4-5H2. The lowest BCUT2D eigenvalue weighted by atomic mass is 9.83. The van der Waals surface area contributed by atoms with Crippen LogP contribution in [0.2, 0.25) is 0 Å². The fourth-order valence-electron chi connectivity index (χ4n) is 1.76. The number of thiophene rings is 1. The van der Waals surface area contributed by atoms with Gasteiger partial charge in [0, 0.05) is 23.6 Å². The van der Waals surface area contributed by atoms with Crippen LogP contribution in [0, 0.1) is 0 Å². The van der Waals surface area contributed by atoms with Gasteiger partial charge in [0.15, 0.2) is 11.6 Å². The zero-order valence-electron chi connectivity index (χ0n) is 7.97. The molecule has 15 heavy (non-hydrogen) atoms. The van der Waals surface area contributed by atoms with Crippen LogP contribution < -0.4 is 0 Å². The Hall–Kier alpha value is -1.42. The Labute approximate surface area is 91.0 Å². The number of rotatable bonds is 1. The molecule has 0 atom stereocenters. The van der Waals surface area contributed by atoms with E-state index in [1.807, 2.05) is 17.5 Å². The summed E-state index contributed by atoms with van der Waals surface area (Å²) in [6.07, 6.45) is 1.27. The molecule has 1 N–H and O–H groups in total. The van der Waals surface area contributed by atoms with E-state index >= 15 is 0 Å². The Morgan fingerprint density at radius 1 is 1.33 bits per heavy atom. The Morgan fingerprint density at radius 3 is 2.47 bits per heavy atom. The molecule has 1 saturated carbocycles. The average molecular weight is 222 g/mol. The smallest absolute Gasteiger partial charge is 0.170 e. The molecule has 1 aromatic rings. The lowest BCUT2D eigenvalue weighted by Crippen LogP contribution is -2.24. The topological polar surface area (TPSA) is 54.4 Å². The van der Waals surface area contributed by atoms with Crippen LogP contribution in [0.4, 0.5) is 0 Å². The highest BCUT2D eigenvalue weighted by molar-refractivity contribution is 7.10. The second kappa shape index (κ2) is 3.98. The average Bonchev–Trinajstić information content (AvgIpc) is 2.69. The molecular weight excluding hydrogens is 212 g/mol. The van der Waals surface area contributed by atoms with Crippen LogP contribution in [0.1, 0.15) is 23.6 Å². The van der Waals surface area contributed by atoms with Crippen LogP contribution in [0.5, 0.6) is 0 Å². The van der Waals surface area contributed by atoms with Gasteiger partial charge < -0.3 is 5.11 Å². The summed E-state index contributed by atoms with van der Waals surface area (Å²) >= 11 is 1.56. The van der Waals surface area contributed by atoms with Gasteiger partial charge in [-0.25, -0.2) is 0 Å². The number of hydrogen-bond acceptors (Lipinski definition) is 4. The Kier molecular flexibility index (Phi) is 2.68. The first-order chi connectivity index (χ1) is 7.22. The molecule has 3 nitrogen and oxygen atoms in total. The highest BCUT2D eigenvalue weighted by Crippen LogP contribution is 2.33. The molecule has 2 rings (SSSR count). The molecular formula is C11H10O3S. The Balaban J connectivity index is 2.22. The molecule has 1 heterocycles. The molecule has 1 fully saturated rings. The normalized spacial score (nSPS) is 21.9. The first kappa shape index (κ1) is 10.1. The molecule has 0 bridgehead atoms. The zero-order chi connectivity index (χ0) is 10.8. The summed E-state index contributed by atoms with van der Waals surface area (Å²) in [7, 11) is 0. The van der Waals surface area contributed by atoms with Gasteiger partial charge in [0.1, 0.15) is 0 Å². The van der Waals surface area contributed by atoms with E-state index in [1.165, 1.54) is 0 Å². The van der Waals surface area contributed by atoms with Crippen molar-refractivity contribution in [2.24, 2.45) is 0 Å². The van der Waals surface area contributed by atoms with E-state index in [4.69, 9.17) is 5.11 Å². The van der Waals surface area contributed by atoms with E-state index in [9.17, 15) is 9.59 Å². The second-order valence-corrected chi connectivity index (χ2v) is 4.49. The summed E-state index contributed by atoms with van der Waals surface area (Å²) < 4.78 is 0. The van der Waals surface area contributed by atoms with Crippen molar-refractivity contribution in [1.29, 1.82) is 0 Å². The lowest BCUT2D eigenvalue weighted by molar-refractivity contribution is -0.124. The van der Waals surface area contributed by atoms with Gasteiger partial charge in [0.25, 0.3) is 0 Å². The number of aliphatic hydroxyl groups is 1. The van der Waals surface area contributed by atoms with Gasteiger partial charge in [0.05, 0.1) is 11.8 Å². The van der Waals surface area contributed by atoms with E-state index in [2.05, 4.69) is 0 Å².